The molecule has 0 bridgehead atoms. The molecule has 0 N–H and O–H groups in total. The van der Waals surface area contributed by atoms with Gasteiger partial charge in [-0.3, -0.25) is 4.90 Å². The lowest BCUT2D eigenvalue weighted by Crippen LogP contribution is -2.23. The Morgan fingerprint density at radius 1 is 1.10 bits per heavy atom. The third kappa shape index (κ3) is 4.29. The lowest BCUT2D eigenvalue weighted by Gasteiger charge is -2.20. The number of hydrogen-bond acceptors (Lipinski definition) is 3. The average molecular weight is 401 g/mol. The molecular weight excluding hydrogens is 379 g/mol. The zero-order valence-electron chi connectivity index (χ0n) is 16.1. The Bertz CT molecular complexity index is 980. The smallest absolute Gasteiger partial charge is 0.416 e. The third-order valence-electron chi connectivity index (χ3n) is 5.21. The number of fused-ring (bicyclic) bond motifs is 1. The molecule has 4 rings (SSSR count). The minimum atomic E-state index is -4.32. The first kappa shape index (κ1) is 19.5. The normalized spacial score (nSPS) is 15.0. The molecule has 2 aromatic carbocycles. The van der Waals surface area contributed by atoms with E-state index in [2.05, 4.69) is 10.00 Å². The molecule has 0 fully saturated rings. The van der Waals surface area contributed by atoms with Crippen molar-refractivity contribution in [3.8, 4) is 11.4 Å². The standard InChI is InChI=1S/C22H22F3N3O/c1-29-20-9-7-19(8-10-20)28-21-6-3-11-27(15-17(21)13-26-28)14-16-4-2-5-18(12-16)22(23,24)25/h2,4-5,7-10,12-13H,3,6,11,14-15H2,1H3. The lowest BCUT2D eigenvalue weighted by atomic mass is 10.1. The largest absolute Gasteiger partial charge is 0.497 e. The summed E-state index contributed by atoms with van der Waals surface area (Å²) in [5.74, 6) is 0.791. The van der Waals surface area contributed by atoms with Crippen molar-refractivity contribution in [2.24, 2.45) is 0 Å². The zero-order chi connectivity index (χ0) is 20.4. The van der Waals surface area contributed by atoms with Crippen LogP contribution in [0, 0.1) is 0 Å². The summed E-state index contributed by atoms with van der Waals surface area (Å²) in [6.07, 6.45) is -0.653. The van der Waals surface area contributed by atoms with Gasteiger partial charge in [-0.05, 0) is 55.3 Å². The van der Waals surface area contributed by atoms with Gasteiger partial charge in [0.2, 0.25) is 0 Å². The van der Waals surface area contributed by atoms with Gasteiger partial charge in [0.05, 0.1) is 24.6 Å². The van der Waals surface area contributed by atoms with E-state index in [1.807, 2.05) is 35.1 Å². The topological polar surface area (TPSA) is 30.3 Å². The third-order valence-corrected chi connectivity index (χ3v) is 5.21. The van der Waals surface area contributed by atoms with Gasteiger partial charge >= 0.3 is 6.18 Å². The average Bonchev–Trinajstić information content (AvgIpc) is 2.99. The Morgan fingerprint density at radius 2 is 1.90 bits per heavy atom. The van der Waals surface area contributed by atoms with Crippen LogP contribution in [0.1, 0.15) is 28.8 Å². The van der Waals surface area contributed by atoms with E-state index in [1.165, 1.54) is 12.1 Å². The molecule has 0 spiro atoms. The molecule has 0 radical (unpaired) electrons. The number of aromatic nitrogens is 2. The Labute approximate surface area is 167 Å². The first-order valence-corrected chi connectivity index (χ1v) is 9.53. The second kappa shape index (κ2) is 7.91. The highest BCUT2D eigenvalue weighted by molar-refractivity contribution is 5.39. The van der Waals surface area contributed by atoms with Gasteiger partial charge in [0.15, 0.2) is 0 Å². The zero-order valence-corrected chi connectivity index (χ0v) is 16.1. The van der Waals surface area contributed by atoms with Crippen molar-refractivity contribution in [3.63, 3.8) is 0 Å². The maximum Gasteiger partial charge on any atom is 0.416 e. The first-order chi connectivity index (χ1) is 13.9. The number of ether oxygens (including phenoxy) is 1. The van der Waals surface area contributed by atoms with Crippen LogP contribution in [0.5, 0.6) is 5.75 Å². The predicted molar refractivity (Wildman–Crippen MR) is 104 cm³/mol. The minimum Gasteiger partial charge on any atom is -0.497 e. The molecule has 29 heavy (non-hydrogen) atoms. The van der Waals surface area contributed by atoms with Crippen molar-refractivity contribution in [1.29, 1.82) is 0 Å². The van der Waals surface area contributed by atoms with Crippen LogP contribution in [0.3, 0.4) is 0 Å². The van der Waals surface area contributed by atoms with Crippen LogP contribution >= 0.6 is 0 Å². The molecule has 0 aliphatic carbocycles. The van der Waals surface area contributed by atoms with Gasteiger partial charge in [-0.2, -0.15) is 18.3 Å². The van der Waals surface area contributed by atoms with Crippen molar-refractivity contribution < 1.29 is 17.9 Å². The molecule has 4 nitrogen and oxygen atoms in total. The Balaban J connectivity index is 1.53. The summed E-state index contributed by atoms with van der Waals surface area (Å²) in [7, 11) is 1.63. The molecule has 7 heteroatoms. The molecule has 0 amide bonds. The van der Waals surface area contributed by atoms with E-state index in [4.69, 9.17) is 4.74 Å². The van der Waals surface area contributed by atoms with Gasteiger partial charge in [-0.25, -0.2) is 4.68 Å². The molecule has 0 saturated heterocycles. The van der Waals surface area contributed by atoms with Crippen molar-refractivity contribution in [2.75, 3.05) is 13.7 Å². The SMILES string of the molecule is COc1ccc(-n2ncc3c2CCCN(Cc2cccc(C(F)(F)F)c2)C3)cc1. The molecular formula is C22H22F3N3O. The maximum absolute atomic E-state index is 13.0. The van der Waals surface area contributed by atoms with Crippen LogP contribution in [0.2, 0.25) is 0 Å². The summed E-state index contributed by atoms with van der Waals surface area (Å²) in [6, 6.07) is 13.3. The first-order valence-electron chi connectivity index (χ1n) is 9.53. The summed E-state index contributed by atoms with van der Waals surface area (Å²) in [6.45, 7) is 1.98. The van der Waals surface area contributed by atoms with Gasteiger partial charge in [0.25, 0.3) is 0 Å². The van der Waals surface area contributed by atoms with Gasteiger partial charge in [0, 0.05) is 24.3 Å². The molecule has 152 valence electrons. The van der Waals surface area contributed by atoms with E-state index in [0.29, 0.717) is 18.7 Å². The number of alkyl halides is 3. The highest BCUT2D eigenvalue weighted by Gasteiger charge is 2.30. The predicted octanol–water partition coefficient (Wildman–Crippen LogP) is 4.85. The molecule has 1 aliphatic rings. The molecule has 2 heterocycles. The van der Waals surface area contributed by atoms with E-state index in [0.717, 1.165) is 48.1 Å². The molecule has 1 aliphatic heterocycles. The second-order valence-electron chi connectivity index (χ2n) is 7.24. The highest BCUT2D eigenvalue weighted by atomic mass is 19.4. The molecule has 0 saturated carbocycles. The Hall–Kier alpha value is -2.80. The molecule has 0 atom stereocenters. The maximum atomic E-state index is 13.0. The number of nitrogens with zero attached hydrogens (tertiary/aromatic N) is 3. The molecule has 1 aromatic heterocycles. The summed E-state index contributed by atoms with van der Waals surface area (Å²) < 4.78 is 46.1. The van der Waals surface area contributed by atoms with Crippen LogP contribution in [-0.2, 0) is 25.7 Å². The second-order valence-corrected chi connectivity index (χ2v) is 7.24. The Morgan fingerprint density at radius 3 is 2.62 bits per heavy atom. The minimum absolute atomic E-state index is 0.483. The van der Waals surface area contributed by atoms with Gasteiger partial charge in [-0.1, -0.05) is 18.2 Å². The fourth-order valence-electron chi connectivity index (χ4n) is 3.78. The lowest BCUT2D eigenvalue weighted by molar-refractivity contribution is -0.137. The van der Waals surface area contributed by atoms with Gasteiger partial charge in [-0.15, -0.1) is 0 Å². The van der Waals surface area contributed by atoms with Crippen LogP contribution in [-0.4, -0.2) is 28.3 Å². The van der Waals surface area contributed by atoms with Crippen LogP contribution < -0.4 is 4.74 Å². The number of rotatable bonds is 4. The van der Waals surface area contributed by atoms with Crippen molar-refractivity contribution in [2.45, 2.75) is 32.1 Å². The van der Waals surface area contributed by atoms with E-state index in [9.17, 15) is 13.2 Å². The molecule has 3 aromatic rings. The number of benzene rings is 2. The highest BCUT2D eigenvalue weighted by Crippen LogP contribution is 2.30. The summed E-state index contributed by atoms with van der Waals surface area (Å²) in [5, 5.41) is 4.55. The van der Waals surface area contributed by atoms with Crippen LogP contribution in [0.25, 0.3) is 5.69 Å². The van der Waals surface area contributed by atoms with Crippen molar-refractivity contribution in [1.82, 2.24) is 14.7 Å². The van der Waals surface area contributed by atoms with Crippen molar-refractivity contribution in [3.05, 3.63) is 77.1 Å². The van der Waals surface area contributed by atoms with Crippen LogP contribution in [0.15, 0.2) is 54.7 Å². The van der Waals surface area contributed by atoms with E-state index in [1.54, 1.807) is 13.2 Å². The van der Waals surface area contributed by atoms with Gasteiger partial charge < -0.3 is 4.74 Å². The van der Waals surface area contributed by atoms with E-state index in [-0.39, 0.29) is 0 Å². The van der Waals surface area contributed by atoms with E-state index < -0.39 is 11.7 Å². The summed E-state index contributed by atoms with van der Waals surface area (Å²) in [5.41, 5.74) is 3.31. The van der Waals surface area contributed by atoms with Gasteiger partial charge in [0.1, 0.15) is 5.75 Å². The fraction of sp³-hybridized carbons (Fsp3) is 0.318. The molecule has 0 unspecified atom stereocenters. The van der Waals surface area contributed by atoms with E-state index >= 15 is 0 Å². The number of methoxy groups -OCH3 is 1. The van der Waals surface area contributed by atoms with Crippen LogP contribution in [0.4, 0.5) is 13.2 Å². The Kier molecular flexibility index (Phi) is 5.32. The quantitative estimate of drug-likeness (QED) is 0.626. The fourth-order valence-corrected chi connectivity index (χ4v) is 3.78. The monoisotopic (exact) mass is 401 g/mol. The number of hydrogen-bond donors (Lipinski definition) is 0. The number of halogens is 3. The summed E-state index contributed by atoms with van der Waals surface area (Å²) >= 11 is 0. The van der Waals surface area contributed by atoms with Crippen molar-refractivity contribution >= 4 is 0 Å². The summed E-state index contributed by atoms with van der Waals surface area (Å²) in [4.78, 5) is 2.18.